The number of nitrogens with one attached hydrogen (secondary N) is 2. The molecule has 0 radical (unpaired) electrons. The molecule has 0 unspecified atom stereocenters. The Kier molecular flexibility index (Phi) is 5.11. The summed E-state index contributed by atoms with van der Waals surface area (Å²) in [7, 11) is 0. The molecule has 0 atom stereocenters. The average molecular weight is 410 g/mol. The first-order valence-electron chi connectivity index (χ1n) is 8.85. The van der Waals surface area contributed by atoms with Crippen LogP contribution in [0.1, 0.15) is 25.7 Å². The molecule has 0 bridgehead atoms. The van der Waals surface area contributed by atoms with Crippen LogP contribution in [0.15, 0.2) is 59.3 Å². The minimum absolute atomic E-state index is 0.457. The van der Waals surface area contributed by atoms with Crippen molar-refractivity contribution in [3.63, 3.8) is 0 Å². The first-order chi connectivity index (χ1) is 12.8. The molecule has 2 aromatic heterocycles. The van der Waals surface area contributed by atoms with Gasteiger partial charge < -0.3 is 10.6 Å². The lowest BCUT2D eigenvalue weighted by molar-refractivity contribution is 0.744. The molecule has 132 valence electrons. The van der Waals surface area contributed by atoms with Gasteiger partial charge in [0.1, 0.15) is 5.82 Å². The highest BCUT2D eigenvalue weighted by Crippen LogP contribution is 2.28. The largest absolute Gasteiger partial charge is 0.351 e. The van der Waals surface area contributed by atoms with Crippen LogP contribution in [0.3, 0.4) is 0 Å². The summed E-state index contributed by atoms with van der Waals surface area (Å²) in [5.41, 5.74) is 2.86. The van der Waals surface area contributed by atoms with Gasteiger partial charge in [0, 0.05) is 34.5 Å². The van der Waals surface area contributed by atoms with E-state index in [-0.39, 0.29) is 0 Å². The second kappa shape index (κ2) is 7.83. The highest BCUT2D eigenvalue weighted by molar-refractivity contribution is 9.10. The quantitative estimate of drug-likeness (QED) is 0.590. The maximum atomic E-state index is 4.73. The molecule has 1 aliphatic rings. The Hall–Kier alpha value is -2.47. The fraction of sp³-hybridized carbons (Fsp3) is 0.250. The number of benzene rings is 1. The van der Waals surface area contributed by atoms with Gasteiger partial charge in [-0.1, -0.05) is 25.0 Å². The summed E-state index contributed by atoms with van der Waals surface area (Å²) in [5, 5.41) is 6.90. The third-order valence-corrected chi connectivity index (χ3v) is 5.22. The number of halogens is 1. The van der Waals surface area contributed by atoms with E-state index in [1.54, 1.807) is 12.4 Å². The van der Waals surface area contributed by atoms with Gasteiger partial charge >= 0.3 is 0 Å². The van der Waals surface area contributed by atoms with Gasteiger partial charge in [-0.05, 0) is 53.0 Å². The van der Waals surface area contributed by atoms with Gasteiger partial charge in [-0.2, -0.15) is 4.98 Å². The summed E-state index contributed by atoms with van der Waals surface area (Å²) in [4.78, 5) is 13.5. The zero-order valence-corrected chi connectivity index (χ0v) is 15.9. The summed E-state index contributed by atoms with van der Waals surface area (Å²) in [5.74, 6) is 1.43. The van der Waals surface area contributed by atoms with E-state index in [0.717, 1.165) is 27.2 Å². The molecule has 0 saturated heterocycles. The van der Waals surface area contributed by atoms with Gasteiger partial charge in [-0.25, -0.2) is 4.98 Å². The first-order valence-corrected chi connectivity index (χ1v) is 9.65. The Morgan fingerprint density at radius 1 is 0.962 bits per heavy atom. The first kappa shape index (κ1) is 17.0. The number of rotatable bonds is 5. The summed E-state index contributed by atoms with van der Waals surface area (Å²) < 4.78 is 0.995. The molecule has 1 saturated carbocycles. The number of para-hydroxylation sites is 1. The molecule has 26 heavy (non-hydrogen) atoms. The fourth-order valence-electron chi connectivity index (χ4n) is 3.20. The number of hydrogen-bond acceptors (Lipinski definition) is 5. The Balaban J connectivity index is 1.68. The normalized spacial score (nSPS) is 14.3. The summed E-state index contributed by atoms with van der Waals surface area (Å²) >= 11 is 3.58. The van der Waals surface area contributed by atoms with Gasteiger partial charge in [0.15, 0.2) is 0 Å². The predicted molar refractivity (Wildman–Crippen MR) is 109 cm³/mol. The summed E-state index contributed by atoms with van der Waals surface area (Å²) in [6, 6.07) is 14.4. The minimum Gasteiger partial charge on any atom is -0.351 e. The third-order valence-electron chi connectivity index (χ3n) is 4.53. The molecule has 1 aliphatic carbocycles. The molecule has 5 nitrogen and oxygen atoms in total. The number of anilines is 3. The maximum absolute atomic E-state index is 4.73. The maximum Gasteiger partial charge on any atom is 0.225 e. The average Bonchev–Trinajstić information content (AvgIpc) is 3.17. The zero-order chi connectivity index (χ0) is 17.8. The Morgan fingerprint density at radius 3 is 2.50 bits per heavy atom. The zero-order valence-electron chi connectivity index (χ0n) is 14.3. The Bertz CT molecular complexity index is 878. The number of nitrogens with zero attached hydrogens (tertiary/aromatic N) is 3. The van der Waals surface area contributed by atoms with Crippen LogP contribution in [0.2, 0.25) is 0 Å². The number of hydrogen-bond donors (Lipinski definition) is 2. The fourth-order valence-corrected chi connectivity index (χ4v) is 3.58. The topological polar surface area (TPSA) is 62.7 Å². The molecule has 1 fully saturated rings. The van der Waals surface area contributed by atoms with E-state index in [1.165, 1.54) is 25.7 Å². The van der Waals surface area contributed by atoms with Crippen molar-refractivity contribution in [1.29, 1.82) is 0 Å². The van der Waals surface area contributed by atoms with Gasteiger partial charge in [-0.3, -0.25) is 4.98 Å². The van der Waals surface area contributed by atoms with E-state index in [1.807, 2.05) is 42.5 Å². The van der Waals surface area contributed by atoms with Gasteiger partial charge in [0.05, 0.1) is 11.4 Å². The van der Waals surface area contributed by atoms with Crippen molar-refractivity contribution in [1.82, 2.24) is 15.0 Å². The van der Waals surface area contributed by atoms with Crippen LogP contribution in [0.4, 0.5) is 17.5 Å². The highest BCUT2D eigenvalue weighted by Gasteiger charge is 2.17. The molecule has 1 aromatic carbocycles. The van der Waals surface area contributed by atoms with Crippen molar-refractivity contribution in [2.24, 2.45) is 0 Å². The van der Waals surface area contributed by atoms with Gasteiger partial charge in [0.25, 0.3) is 0 Å². The minimum atomic E-state index is 0.457. The highest BCUT2D eigenvalue weighted by atomic mass is 79.9. The predicted octanol–water partition coefficient (Wildman–Crippen LogP) is 5.40. The van der Waals surface area contributed by atoms with E-state index in [0.29, 0.717) is 12.0 Å². The van der Waals surface area contributed by atoms with Crippen molar-refractivity contribution in [2.75, 3.05) is 10.6 Å². The van der Waals surface area contributed by atoms with Crippen molar-refractivity contribution < 1.29 is 0 Å². The van der Waals surface area contributed by atoms with E-state index >= 15 is 0 Å². The number of pyridine rings is 1. The van der Waals surface area contributed by atoms with Crippen molar-refractivity contribution in [3.8, 4) is 11.3 Å². The Morgan fingerprint density at radius 2 is 1.73 bits per heavy atom. The van der Waals surface area contributed by atoms with Crippen molar-refractivity contribution >= 4 is 33.4 Å². The number of aromatic nitrogens is 3. The smallest absolute Gasteiger partial charge is 0.225 e. The second-order valence-corrected chi connectivity index (χ2v) is 7.28. The van der Waals surface area contributed by atoms with Crippen LogP contribution in [0, 0.1) is 0 Å². The lowest BCUT2D eigenvalue weighted by atomic mass is 10.2. The second-order valence-electron chi connectivity index (χ2n) is 6.43. The van der Waals surface area contributed by atoms with E-state index in [2.05, 4.69) is 36.5 Å². The summed E-state index contributed by atoms with van der Waals surface area (Å²) in [6.07, 6.45) is 8.45. The molecule has 0 amide bonds. The van der Waals surface area contributed by atoms with Gasteiger partial charge in [0.2, 0.25) is 5.95 Å². The monoisotopic (exact) mass is 409 g/mol. The molecule has 3 aromatic rings. The van der Waals surface area contributed by atoms with Crippen LogP contribution < -0.4 is 10.6 Å². The lowest BCUT2D eigenvalue weighted by Crippen LogP contribution is -2.17. The van der Waals surface area contributed by atoms with Crippen LogP contribution in [-0.4, -0.2) is 21.0 Å². The molecule has 6 heteroatoms. The molecular weight excluding hydrogens is 390 g/mol. The standard InChI is InChI=1S/C20H20BrN5/c21-16-7-3-4-8-17(16)24-19-13-18(14-9-11-22-12-10-14)25-20(26-19)23-15-5-1-2-6-15/h3-4,7-13,15H,1-2,5-6H2,(H2,23,24,25,26). The van der Waals surface area contributed by atoms with Crippen LogP contribution in [0.25, 0.3) is 11.3 Å². The third kappa shape index (κ3) is 4.02. The Labute approximate surface area is 161 Å². The van der Waals surface area contributed by atoms with E-state index in [4.69, 9.17) is 4.98 Å². The van der Waals surface area contributed by atoms with Crippen molar-refractivity contribution in [2.45, 2.75) is 31.7 Å². The SMILES string of the molecule is Brc1ccccc1Nc1cc(-c2ccncc2)nc(NC2CCCC2)n1. The molecular formula is C20H20BrN5. The molecule has 2 N–H and O–H groups in total. The molecule has 4 rings (SSSR count). The van der Waals surface area contributed by atoms with E-state index in [9.17, 15) is 0 Å². The van der Waals surface area contributed by atoms with Crippen molar-refractivity contribution in [3.05, 3.63) is 59.3 Å². The van der Waals surface area contributed by atoms with Gasteiger partial charge in [-0.15, -0.1) is 0 Å². The van der Waals surface area contributed by atoms with E-state index < -0.39 is 0 Å². The molecule has 2 heterocycles. The van der Waals surface area contributed by atoms with Crippen LogP contribution in [0.5, 0.6) is 0 Å². The molecule has 0 spiro atoms. The summed E-state index contributed by atoms with van der Waals surface area (Å²) in [6.45, 7) is 0. The lowest BCUT2D eigenvalue weighted by Gasteiger charge is -2.15. The van der Waals surface area contributed by atoms with Crippen LogP contribution in [-0.2, 0) is 0 Å². The molecule has 0 aliphatic heterocycles. The van der Waals surface area contributed by atoms with Crippen LogP contribution >= 0.6 is 15.9 Å².